The molecule has 8 heteroatoms. The summed E-state index contributed by atoms with van der Waals surface area (Å²) in [5.41, 5.74) is 7.49. The molecule has 1 unspecified atom stereocenters. The van der Waals surface area contributed by atoms with Gasteiger partial charge in [-0.3, -0.25) is 4.79 Å². The van der Waals surface area contributed by atoms with Crippen LogP contribution in [0.2, 0.25) is 0 Å². The molecule has 0 spiro atoms. The molecule has 0 bridgehead atoms. The van der Waals surface area contributed by atoms with Gasteiger partial charge in [0.05, 0.1) is 6.42 Å². The number of rotatable bonds is 6. The number of esters is 1. The number of carbonyl (C=O) groups excluding carboxylic acids is 1. The molecular weight excluding hydrogens is 338 g/mol. The van der Waals surface area contributed by atoms with Crippen molar-refractivity contribution in [3.8, 4) is 0 Å². The van der Waals surface area contributed by atoms with Gasteiger partial charge in [-0.1, -0.05) is 18.2 Å². The molecule has 3 N–H and O–H groups in total. The minimum atomic E-state index is -0.632. The third-order valence-corrected chi connectivity index (χ3v) is 4.03. The van der Waals surface area contributed by atoms with Crippen LogP contribution >= 0.6 is 11.3 Å². The van der Waals surface area contributed by atoms with E-state index < -0.39 is 6.10 Å². The number of nitrogens with one attached hydrogen (secondary N) is 1. The van der Waals surface area contributed by atoms with Gasteiger partial charge in [-0.25, -0.2) is 0 Å². The van der Waals surface area contributed by atoms with E-state index in [1.807, 2.05) is 47.2 Å². The highest BCUT2D eigenvalue weighted by molar-refractivity contribution is 7.07. The molecule has 3 rings (SSSR count). The first-order valence-corrected chi connectivity index (χ1v) is 8.58. The minimum absolute atomic E-state index is 0.0594. The Kier molecular flexibility index (Phi) is 5.20. The highest BCUT2D eigenvalue weighted by atomic mass is 32.1. The Morgan fingerprint density at radius 3 is 2.76 bits per heavy atom. The van der Waals surface area contributed by atoms with Gasteiger partial charge in [0.1, 0.15) is 0 Å². The van der Waals surface area contributed by atoms with E-state index in [9.17, 15) is 4.79 Å². The number of nitrogen functional groups attached to an aromatic ring is 1. The van der Waals surface area contributed by atoms with Crippen molar-refractivity contribution in [2.75, 3.05) is 11.1 Å². The van der Waals surface area contributed by atoms with Gasteiger partial charge in [-0.2, -0.15) is 26.3 Å². The van der Waals surface area contributed by atoms with Crippen LogP contribution in [-0.2, 0) is 16.0 Å². The fourth-order valence-electron chi connectivity index (χ4n) is 2.15. The Hall–Kier alpha value is -3.00. The summed E-state index contributed by atoms with van der Waals surface area (Å²) in [5, 5.41) is 6.88. The third kappa shape index (κ3) is 4.74. The second-order valence-corrected chi connectivity index (χ2v) is 6.09. The number of aromatic nitrogens is 3. The largest absolute Gasteiger partial charge is 0.454 e. The second-order valence-electron chi connectivity index (χ2n) is 5.31. The van der Waals surface area contributed by atoms with E-state index in [0.717, 1.165) is 11.3 Å². The molecule has 7 nitrogen and oxygen atoms in total. The molecule has 0 fully saturated rings. The van der Waals surface area contributed by atoms with Gasteiger partial charge in [0.25, 0.3) is 0 Å². The van der Waals surface area contributed by atoms with Crippen LogP contribution in [0.5, 0.6) is 0 Å². The Morgan fingerprint density at radius 1 is 1.24 bits per heavy atom. The molecule has 2 heterocycles. The zero-order valence-electron chi connectivity index (χ0n) is 13.5. The fourth-order valence-corrected chi connectivity index (χ4v) is 2.82. The van der Waals surface area contributed by atoms with E-state index in [1.54, 1.807) is 6.92 Å². The molecule has 0 saturated carbocycles. The molecule has 0 aliphatic heterocycles. The van der Waals surface area contributed by atoms with Gasteiger partial charge in [-0.05, 0) is 41.4 Å². The number of benzene rings is 1. The molecule has 25 heavy (non-hydrogen) atoms. The van der Waals surface area contributed by atoms with E-state index >= 15 is 0 Å². The number of hydrogen-bond donors (Lipinski definition) is 2. The Labute approximate surface area is 148 Å². The Bertz CT molecular complexity index is 840. The molecule has 128 valence electrons. The number of hydrogen-bond acceptors (Lipinski definition) is 8. The highest BCUT2D eigenvalue weighted by Gasteiger charge is 2.17. The summed E-state index contributed by atoms with van der Waals surface area (Å²) in [7, 11) is 0. The Morgan fingerprint density at radius 2 is 2.04 bits per heavy atom. The summed E-state index contributed by atoms with van der Waals surface area (Å²) in [4.78, 5) is 24.4. The SMILES string of the molecule is CC(OC(=O)Cc1ccsc1)c1nc(N)nc(Nc2ccccc2)n1. The molecule has 1 aromatic carbocycles. The van der Waals surface area contributed by atoms with E-state index in [2.05, 4.69) is 20.3 Å². The van der Waals surface area contributed by atoms with Crippen LogP contribution in [0, 0.1) is 0 Å². The first-order valence-electron chi connectivity index (χ1n) is 7.64. The summed E-state index contributed by atoms with van der Waals surface area (Å²) in [6, 6.07) is 11.3. The predicted octanol–water partition coefficient (Wildman–Crippen LogP) is 3.11. The van der Waals surface area contributed by atoms with Crippen LogP contribution in [0.15, 0.2) is 47.2 Å². The molecule has 0 aliphatic carbocycles. The predicted molar refractivity (Wildman–Crippen MR) is 96.5 cm³/mol. The van der Waals surface area contributed by atoms with E-state index in [-0.39, 0.29) is 18.3 Å². The maximum absolute atomic E-state index is 12.0. The first kappa shape index (κ1) is 16.8. The average Bonchev–Trinajstić information content (AvgIpc) is 3.08. The summed E-state index contributed by atoms with van der Waals surface area (Å²) in [6.45, 7) is 1.70. The second kappa shape index (κ2) is 7.71. The van der Waals surface area contributed by atoms with Gasteiger partial charge in [0.15, 0.2) is 11.9 Å². The lowest BCUT2D eigenvalue weighted by atomic mass is 10.2. The fraction of sp³-hybridized carbons (Fsp3) is 0.176. The number of thiophene rings is 1. The normalized spacial score (nSPS) is 11.7. The van der Waals surface area contributed by atoms with Crippen LogP contribution < -0.4 is 11.1 Å². The van der Waals surface area contributed by atoms with Crippen molar-refractivity contribution in [1.29, 1.82) is 0 Å². The van der Waals surface area contributed by atoms with Gasteiger partial charge in [0.2, 0.25) is 11.9 Å². The number of ether oxygens (including phenoxy) is 1. The van der Waals surface area contributed by atoms with Crippen molar-refractivity contribution in [2.24, 2.45) is 0 Å². The standard InChI is InChI=1S/C17H17N5O2S/c1-11(24-14(23)9-12-7-8-25-10-12)15-20-16(18)22-17(21-15)19-13-5-3-2-4-6-13/h2-8,10-11H,9H2,1H3,(H3,18,19,20,21,22). The molecule has 0 aliphatic rings. The van der Waals surface area contributed by atoms with E-state index in [1.165, 1.54) is 11.3 Å². The molecule has 3 aromatic rings. The maximum atomic E-state index is 12.0. The van der Waals surface area contributed by atoms with Gasteiger partial charge in [0, 0.05) is 5.69 Å². The van der Waals surface area contributed by atoms with Crippen molar-refractivity contribution in [3.05, 3.63) is 58.5 Å². The summed E-state index contributed by atoms with van der Waals surface area (Å²) in [6.07, 6.45) is -0.420. The topological polar surface area (TPSA) is 103 Å². The summed E-state index contributed by atoms with van der Waals surface area (Å²) < 4.78 is 5.40. The maximum Gasteiger partial charge on any atom is 0.311 e. The van der Waals surface area contributed by atoms with Crippen LogP contribution in [0.4, 0.5) is 17.6 Å². The summed E-state index contributed by atoms with van der Waals surface area (Å²) in [5.74, 6) is 0.311. The lowest BCUT2D eigenvalue weighted by Gasteiger charge is -2.13. The van der Waals surface area contributed by atoms with Crippen molar-refractivity contribution < 1.29 is 9.53 Å². The average molecular weight is 355 g/mol. The van der Waals surface area contributed by atoms with Crippen molar-refractivity contribution in [1.82, 2.24) is 15.0 Å². The molecular formula is C17H17N5O2S. The highest BCUT2D eigenvalue weighted by Crippen LogP contribution is 2.18. The smallest absolute Gasteiger partial charge is 0.311 e. The zero-order chi connectivity index (χ0) is 17.6. The minimum Gasteiger partial charge on any atom is -0.454 e. The van der Waals surface area contributed by atoms with E-state index in [4.69, 9.17) is 10.5 Å². The molecule has 1 atom stereocenters. The van der Waals surface area contributed by atoms with Crippen LogP contribution in [0.1, 0.15) is 24.4 Å². The Balaban J connectivity index is 1.69. The van der Waals surface area contributed by atoms with Gasteiger partial charge >= 0.3 is 5.97 Å². The quantitative estimate of drug-likeness (QED) is 0.655. The van der Waals surface area contributed by atoms with Crippen LogP contribution in [-0.4, -0.2) is 20.9 Å². The molecule has 0 saturated heterocycles. The lowest BCUT2D eigenvalue weighted by Crippen LogP contribution is -2.15. The summed E-state index contributed by atoms with van der Waals surface area (Å²) >= 11 is 1.54. The lowest BCUT2D eigenvalue weighted by molar-refractivity contribution is -0.148. The van der Waals surface area contributed by atoms with Gasteiger partial charge < -0.3 is 15.8 Å². The van der Waals surface area contributed by atoms with Crippen molar-refractivity contribution in [3.63, 3.8) is 0 Å². The number of nitrogens with zero attached hydrogens (tertiary/aromatic N) is 3. The zero-order valence-corrected chi connectivity index (χ0v) is 14.4. The number of nitrogens with two attached hydrogens (primary N) is 1. The van der Waals surface area contributed by atoms with Crippen molar-refractivity contribution in [2.45, 2.75) is 19.4 Å². The molecule has 0 amide bonds. The van der Waals surface area contributed by atoms with Gasteiger partial charge in [-0.15, -0.1) is 0 Å². The number of para-hydroxylation sites is 1. The number of carbonyl (C=O) groups is 1. The van der Waals surface area contributed by atoms with E-state index in [0.29, 0.717) is 11.8 Å². The van der Waals surface area contributed by atoms with Crippen LogP contribution in [0.25, 0.3) is 0 Å². The number of anilines is 3. The molecule has 2 aromatic heterocycles. The van der Waals surface area contributed by atoms with Crippen molar-refractivity contribution >= 4 is 34.9 Å². The van der Waals surface area contributed by atoms with Crippen LogP contribution in [0.3, 0.4) is 0 Å². The first-order chi connectivity index (χ1) is 12.1. The molecule has 0 radical (unpaired) electrons. The monoisotopic (exact) mass is 355 g/mol. The third-order valence-electron chi connectivity index (χ3n) is 3.30.